The minimum Gasteiger partial charge on any atom is -0.497 e. The summed E-state index contributed by atoms with van der Waals surface area (Å²) in [7, 11) is 3.31. The van der Waals surface area contributed by atoms with Crippen molar-refractivity contribution in [2.24, 2.45) is 7.05 Å². The van der Waals surface area contributed by atoms with E-state index < -0.39 is 0 Å². The topological polar surface area (TPSA) is 44.1 Å². The van der Waals surface area contributed by atoms with Crippen molar-refractivity contribution >= 4 is 22.5 Å². The van der Waals surface area contributed by atoms with Crippen molar-refractivity contribution in [1.29, 1.82) is 0 Å². The van der Waals surface area contributed by atoms with Gasteiger partial charge in [-0.05, 0) is 30.3 Å². The van der Waals surface area contributed by atoms with Gasteiger partial charge in [-0.3, -0.25) is 4.57 Å². The summed E-state index contributed by atoms with van der Waals surface area (Å²) in [6, 6.07) is 12.8. The summed E-state index contributed by atoms with van der Waals surface area (Å²) in [5.41, 5.74) is 1.90. The van der Waals surface area contributed by atoms with E-state index in [9.17, 15) is 4.79 Å². The van der Waals surface area contributed by atoms with Crippen LogP contribution in [0, 0.1) is 0 Å². The third-order valence-electron chi connectivity index (χ3n) is 3.41. The summed E-state index contributed by atoms with van der Waals surface area (Å²) in [5.74, 6) is 0.714. The van der Waals surface area contributed by atoms with Crippen LogP contribution in [0.5, 0.6) is 5.75 Å². The summed E-state index contributed by atoms with van der Waals surface area (Å²) < 4.78 is 6.78. The van der Waals surface area contributed by atoms with Crippen molar-refractivity contribution in [2.45, 2.75) is 0 Å². The van der Waals surface area contributed by atoms with E-state index >= 15 is 0 Å². The number of hydrogen-bond acceptors (Lipinski definition) is 3. The van der Waals surface area contributed by atoms with Gasteiger partial charge in [-0.25, -0.2) is 4.79 Å². The molecule has 1 aromatic heterocycles. The molecule has 4 nitrogen and oxygen atoms in total. The predicted molar refractivity (Wildman–Crippen MR) is 84.0 cm³/mol. The van der Waals surface area contributed by atoms with Crippen molar-refractivity contribution < 1.29 is 4.74 Å². The minimum absolute atomic E-state index is 0.303. The largest absolute Gasteiger partial charge is 0.497 e. The van der Waals surface area contributed by atoms with Gasteiger partial charge < -0.3 is 4.74 Å². The molecule has 0 fully saturated rings. The molecule has 0 radical (unpaired) electrons. The Morgan fingerprint density at radius 2 is 2.00 bits per heavy atom. The molecule has 0 N–H and O–H groups in total. The number of nitrogens with zero attached hydrogens (tertiary/aromatic N) is 2. The SMILES string of the molecule is COc1ccc2c(c1)c(-c1cccc(Cl)c1)nc(=O)n2C. The second-order valence-electron chi connectivity index (χ2n) is 4.70. The molecule has 1 heterocycles. The molecule has 0 saturated carbocycles. The number of ether oxygens (including phenoxy) is 1. The van der Waals surface area contributed by atoms with Gasteiger partial charge in [-0.15, -0.1) is 0 Å². The molecule has 0 atom stereocenters. The quantitative estimate of drug-likeness (QED) is 0.729. The fourth-order valence-corrected chi connectivity index (χ4v) is 2.50. The molecular formula is C16H13ClN2O2. The van der Waals surface area contributed by atoms with Crippen LogP contribution in [-0.4, -0.2) is 16.7 Å². The fourth-order valence-electron chi connectivity index (χ4n) is 2.31. The van der Waals surface area contributed by atoms with Gasteiger partial charge >= 0.3 is 5.69 Å². The Labute approximate surface area is 126 Å². The lowest BCUT2D eigenvalue weighted by atomic mass is 10.1. The lowest BCUT2D eigenvalue weighted by Crippen LogP contribution is -2.21. The molecule has 0 aliphatic heterocycles. The van der Waals surface area contributed by atoms with E-state index in [1.807, 2.05) is 30.3 Å². The zero-order valence-electron chi connectivity index (χ0n) is 11.6. The van der Waals surface area contributed by atoms with E-state index in [0.29, 0.717) is 16.5 Å². The molecule has 0 aliphatic carbocycles. The van der Waals surface area contributed by atoms with Gasteiger partial charge in [0.2, 0.25) is 0 Å². The summed E-state index contributed by atoms with van der Waals surface area (Å²) in [4.78, 5) is 16.2. The van der Waals surface area contributed by atoms with Crippen molar-refractivity contribution in [1.82, 2.24) is 9.55 Å². The monoisotopic (exact) mass is 300 g/mol. The molecule has 0 spiro atoms. The lowest BCUT2D eigenvalue weighted by Gasteiger charge is -2.11. The van der Waals surface area contributed by atoms with Gasteiger partial charge in [0, 0.05) is 23.0 Å². The van der Waals surface area contributed by atoms with Gasteiger partial charge in [-0.1, -0.05) is 23.7 Å². The molecule has 0 bridgehead atoms. The molecule has 21 heavy (non-hydrogen) atoms. The molecule has 2 aromatic carbocycles. The average Bonchev–Trinajstić information content (AvgIpc) is 2.50. The number of rotatable bonds is 2. The smallest absolute Gasteiger partial charge is 0.348 e. The number of methoxy groups -OCH3 is 1. The van der Waals surface area contributed by atoms with Crippen molar-refractivity contribution in [3.05, 3.63) is 58.0 Å². The molecule has 0 saturated heterocycles. The van der Waals surface area contributed by atoms with Gasteiger partial charge in [0.05, 0.1) is 18.3 Å². The van der Waals surface area contributed by atoms with E-state index in [2.05, 4.69) is 4.98 Å². The van der Waals surface area contributed by atoms with Crippen LogP contribution < -0.4 is 10.4 Å². The maximum Gasteiger partial charge on any atom is 0.348 e. The third kappa shape index (κ3) is 2.38. The predicted octanol–water partition coefficient (Wildman–Crippen LogP) is 3.26. The highest BCUT2D eigenvalue weighted by atomic mass is 35.5. The van der Waals surface area contributed by atoms with Crippen LogP contribution in [0.4, 0.5) is 0 Å². The number of aromatic nitrogens is 2. The van der Waals surface area contributed by atoms with E-state index in [4.69, 9.17) is 16.3 Å². The summed E-state index contributed by atoms with van der Waals surface area (Å²) >= 11 is 6.04. The van der Waals surface area contributed by atoms with Crippen LogP contribution >= 0.6 is 11.6 Å². The Balaban J connectivity index is 2.41. The van der Waals surface area contributed by atoms with Crippen LogP contribution in [0.1, 0.15) is 0 Å². The molecule has 0 amide bonds. The van der Waals surface area contributed by atoms with Gasteiger partial charge in [-0.2, -0.15) is 4.98 Å². The van der Waals surface area contributed by atoms with E-state index in [0.717, 1.165) is 16.5 Å². The Morgan fingerprint density at radius 3 is 2.71 bits per heavy atom. The van der Waals surface area contributed by atoms with Crippen molar-refractivity contribution in [2.75, 3.05) is 7.11 Å². The number of fused-ring (bicyclic) bond motifs is 1. The first-order valence-electron chi connectivity index (χ1n) is 6.41. The van der Waals surface area contributed by atoms with E-state index in [-0.39, 0.29) is 5.69 Å². The van der Waals surface area contributed by atoms with Gasteiger partial charge in [0.1, 0.15) is 5.75 Å². The van der Waals surface area contributed by atoms with Crippen molar-refractivity contribution in [3.8, 4) is 17.0 Å². The fraction of sp³-hybridized carbons (Fsp3) is 0.125. The molecule has 0 aliphatic rings. The molecule has 106 valence electrons. The Hall–Kier alpha value is -2.33. The van der Waals surface area contributed by atoms with E-state index in [1.54, 1.807) is 26.3 Å². The summed E-state index contributed by atoms with van der Waals surface area (Å²) in [6.45, 7) is 0. The molecule has 3 aromatic rings. The highest BCUT2D eigenvalue weighted by Crippen LogP contribution is 2.29. The highest BCUT2D eigenvalue weighted by Gasteiger charge is 2.11. The van der Waals surface area contributed by atoms with Gasteiger partial charge in [0.15, 0.2) is 0 Å². The first-order chi connectivity index (χ1) is 10.1. The number of hydrogen-bond donors (Lipinski definition) is 0. The standard InChI is InChI=1S/C16H13ClN2O2/c1-19-14-7-6-12(21-2)9-13(14)15(18-16(19)20)10-4-3-5-11(17)8-10/h3-9H,1-2H3. The lowest BCUT2D eigenvalue weighted by molar-refractivity contribution is 0.415. The van der Waals surface area contributed by atoms with E-state index in [1.165, 1.54) is 4.57 Å². The summed E-state index contributed by atoms with van der Waals surface area (Å²) in [6.07, 6.45) is 0. The third-order valence-corrected chi connectivity index (χ3v) is 3.65. The Morgan fingerprint density at radius 1 is 1.19 bits per heavy atom. The maximum absolute atomic E-state index is 12.1. The normalized spacial score (nSPS) is 10.8. The van der Waals surface area contributed by atoms with Crippen molar-refractivity contribution in [3.63, 3.8) is 0 Å². The van der Waals surface area contributed by atoms with Crippen LogP contribution in [-0.2, 0) is 7.05 Å². The second-order valence-corrected chi connectivity index (χ2v) is 5.13. The minimum atomic E-state index is -0.303. The highest BCUT2D eigenvalue weighted by molar-refractivity contribution is 6.30. The first kappa shape index (κ1) is 13.6. The number of aryl methyl sites for hydroxylation is 1. The first-order valence-corrected chi connectivity index (χ1v) is 6.78. The maximum atomic E-state index is 12.1. The Bertz CT molecular complexity index is 887. The Kier molecular flexibility index (Phi) is 3.39. The zero-order valence-corrected chi connectivity index (χ0v) is 12.4. The average molecular weight is 301 g/mol. The van der Waals surface area contributed by atoms with Crippen LogP contribution in [0.2, 0.25) is 5.02 Å². The molecule has 5 heteroatoms. The van der Waals surface area contributed by atoms with Crippen LogP contribution in [0.3, 0.4) is 0 Å². The number of halogens is 1. The van der Waals surface area contributed by atoms with Crippen LogP contribution in [0.15, 0.2) is 47.3 Å². The van der Waals surface area contributed by atoms with Crippen LogP contribution in [0.25, 0.3) is 22.2 Å². The zero-order chi connectivity index (χ0) is 15.0. The molecule has 0 unspecified atom stereocenters. The second kappa shape index (κ2) is 5.22. The summed E-state index contributed by atoms with van der Waals surface area (Å²) in [5, 5.41) is 1.45. The molecular weight excluding hydrogens is 288 g/mol. The molecule has 3 rings (SSSR count). The van der Waals surface area contributed by atoms with Gasteiger partial charge in [0.25, 0.3) is 0 Å². The number of benzene rings is 2.